The first-order valence-electron chi connectivity index (χ1n) is 6.94. The van der Waals surface area contributed by atoms with Crippen molar-refractivity contribution in [3.63, 3.8) is 0 Å². The van der Waals surface area contributed by atoms with Crippen molar-refractivity contribution in [2.75, 3.05) is 19.0 Å². The number of aryl methyl sites for hydroxylation is 1. The molecule has 20 heavy (non-hydrogen) atoms. The summed E-state index contributed by atoms with van der Waals surface area (Å²) in [5, 5.41) is 3.40. The minimum atomic E-state index is -0.222. The summed E-state index contributed by atoms with van der Waals surface area (Å²) in [6.45, 7) is 1.05. The van der Waals surface area contributed by atoms with E-state index in [-0.39, 0.29) is 5.82 Å². The Balaban J connectivity index is 1.89. The molecule has 1 heterocycles. The highest BCUT2D eigenvalue weighted by molar-refractivity contribution is 5.55. The Morgan fingerprint density at radius 2 is 2.10 bits per heavy atom. The van der Waals surface area contributed by atoms with Gasteiger partial charge in [0.1, 0.15) is 11.6 Å². The van der Waals surface area contributed by atoms with Crippen LogP contribution in [0.3, 0.4) is 0 Å². The van der Waals surface area contributed by atoms with Crippen LogP contribution in [0.5, 0.6) is 5.75 Å². The third-order valence-corrected chi connectivity index (χ3v) is 3.75. The summed E-state index contributed by atoms with van der Waals surface area (Å²) in [5.74, 6) is 0.516. The molecule has 0 spiro atoms. The van der Waals surface area contributed by atoms with Crippen molar-refractivity contribution in [1.29, 1.82) is 0 Å². The zero-order chi connectivity index (χ0) is 13.9. The Labute approximate surface area is 118 Å². The number of hydrogen-bond donors (Lipinski definition) is 1. The minimum absolute atomic E-state index is 0.222. The third kappa shape index (κ3) is 2.62. The molecule has 0 saturated carbocycles. The van der Waals surface area contributed by atoms with Gasteiger partial charge in [-0.15, -0.1) is 0 Å². The summed E-state index contributed by atoms with van der Waals surface area (Å²) in [6, 6.07) is 11.1. The minimum Gasteiger partial charge on any atom is -0.496 e. The van der Waals surface area contributed by atoms with Gasteiger partial charge in [0, 0.05) is 24.2 Å². The summed E-state index contributed by atoms with van der Waals surface area (Å²) < 4.78 is 18.7. The molecule has 0 bridgehead atoms. The van der Waals surface area contributed by atoms with E-state index in [1.54, 1.807) is 19.2 Å². The second kappa shape index (κ2) is 5.53. The van der Waals surface area contributed by atoms with Crippen molar-refractivity contribution in [3.8, 4) is 5.75 Å². The molecule has 1 N–H and O–H groups in total. The van der Waals surface area contributed by atoms with Crippen molar-refractivity contribution in [1.82, 2.24) is 0 Å². The van der Waals surface area contributed by atoms with Gasteiger partial charge in [0.25, 0.3) is 0 Å². The van der Waals surface area contributed by atoms with Crippen LogP contribution in [0.2, 0.25) is 0 Å². The highest BCUT2D eigenvalue weighted by Gasteiger charge is 2.11. The van der Waals surface area contributed by atoms with Crippen LogP contribution in [-0.2, 0) is 12.8 Å². The third-order valence-electron chi connectivity index (χ3n) is 3.75. The maximum atomic E-state index is 13.4. The maximum Gasteiger partial charge on any atom is 0.123 e. The van der Waals surface area contributed by atoms with Crippen LogP contribution in [0, 0.1) is 5.82 Å². The molecule has 0 unspecified atom stereocenters. The predicted molar refractivity (Wildman–Crippen MR) is 79.0 cm³/mol. The van der Waals surface area contributed by atoms with E-state index in [2.05, 4.69) is 23.5 Å². The SMILES string of the molecule is COc1ccc(F)cc1Cc1ccc2c(c1)CCCN2. The largest absolute Gasteiger partial charge is 0.496 e. The van der Waals surface area contributed by atoms with E-state index in [0.717, 1.165) is 24.3 Å². The van der Waals surface area contributed by atoms with Gasteiger partial charge in [0.05, 0.1) is 7.11 Å². The van der Waals surface area contributed by atoms with Gasteiger partial charge in [-0.2, -0.15) is 0 Å². The Hall–Kier alpha value is -2.03. The van der Waals surface area contributed by atoms with E-state index in [9.17, 15) is 4.39 Å². The topological polar surface area (TPSA) is 21.3 Å². The number of fused-ring (bicyclic) bond motifs is 1. The monoisotopic (exact) mass is 271 g/mol. The van der Waals surface area contributed by atoms with Gasteiger partial charge in [-0.3, -0.25) is 0 Å². The van der Waals surface area contributed by atoms with Gasteiger partial charge in [0.15, 0.2) is 0 Å². The van der Waals surface area contributed by atoms with Crippen molar-refractivity contribution >= 4 is 5.69 Å². The second-order valence-electron chi connectivity index (χ2n) is 5.15. The van der Waals surface area contributed by atoms with E-state index >= 15 is 0 Å². The highest BCUT2D eigenvalue weighted by atomic mass is 19.1. The lowest BCUT2D eigenvalue weighted by atomic mass is 9.97. The normalized spacial score (nSPS) is 13.5. The predicted octanol–water partition coefficient (Wildman–Crippen LogP) is 3.78. The molecule has 1 aliphatic heterocycles. The molecule has 2 nitrogen and oxygen atoms in total. The number of hydrogen-bond acceptors (Lipinski definition) is 2. The van der Waals surface area contributed by atoms with Crippen LogP contribution >= 0.6 is 0 Å². The lowest BCUT2D eigenvalue weighted by Gasteiger charge is -2.19. The molecule has 0 radical (unpaired) electrons. The van der Waals surface area contributed by atoms with Gasteiger partial charge in [-0.05, 0) is 48.2 Å². The van der Waals surface area contributed by atoms with Crippen LogP contribution in [0.1, 0.15) is 23.1 Å². The number of ether oxygens (including phenoxy) is 1. The maximum absolute atomic E-state index is 13.4. The first kappa shape index (κ1) is 13.0. The average Bonchev–Trinajstić information content (AvgIpc) is 2.47. The number of benzene rings is 2. The lowest BCUT2D eigenvalue weighted by Crippen LogP contribution is -2.11. The van der Waals surface area contributed by atoms with Gasteiger partial charge < -0.3 is 10.1 Å². The zero-order valence-electron chi connectivity index (χ0n) is 11.6. The van der Waals surface area contributed by atoms with E-state index < -0.39 is 0 Å². The van der Waals surface area contributed by atoms with Crippen LogP contribution in [0.4, 0.5) is 10.1 Å². The number of anilines is 1. The molecular weight excluding hydrogens is 253 g/mol. The fourth-order valence-corrected chi connectivity index (χ4v) is 2.74. The van der Waals surface area contributed by atoms with Crippen molar-refractivity contribution < 1.29 is 9.13 Å². The standard InChI is InChI=1S/C17H18FNO/c1-20-17-7-5-15(18)11-14(17)10-12-4-6-16-13(9-12)3-2-8-19-16/h4-7,9,11,19H,2-3,8,10H2,1H3. The number of methoxy groups -OCH3 is 1. The average molecular weight is 271 g/mol. The summed E-state index contributed by atoms with van der Waals surface area (Å²) in [6.07, 6.45) is 2.96. The fourth-order valence-electron chi connectivity index (χ4n) is 2.74. The molecule has 2 aromatic carbocycles. The van der Waals surface area contributed by atoms with Gasteiger partial charge in [0.2, 0.25) is 0 Å². The molecule has 104 valence electrons. The molecule has 0 fully saturated rings. The molecule has 3 rings (SSSR count). The van der Waals surface area contributed by atoms with Crippen molar-refractivity contribution in [2.45, 2.75) is 19.3 Å². The Kier molecular flexibility index (Phi) is 3.59. The first-order chi connectivity index (χ1) is 9.76. The summed E-state index contributed by atoms with van der Waals surface area (Å²) in [7, 11) is 1.62. The van der Waals surface area contributed by atoms with E-state index in [1.165, 1.54) is 29.3 Å². The number of halogens is 1. The molecule has 1 aliphatic rings. The molecule has 2 aromatic rings. The molecule has 0 amide bonds. The molecule has 3 heteroatoms. The lowest BCUT2D eigenvalue weighted by molar-refractivity contribution is 0.409. The van der Waals surface area contributed by atoms with Crippen LogP contribution in [0.15, 0.2) is 36.4 Å². The van der Waals surface area contributed by atoms with Crippen molar-refractivity contribution in [3.05, 3.63) is 58.9 Å². The van der Waals surface area contributed by atoms with E-state index in [1.807, 2.05) is 0 Å². The summed E-state index contributed by atoms with van der Waals surface area (Å²) >= 11 is 0. The number of rotatable bonds is 3. The molecule has 0 aliphatic carbocycles. The van der Waals surface area contributed by atoms with Gasteiger partial charge in [-0.1, -0.05) is 12.1 Å². The molecule has 0 aromatic heterocycles. The number of nitrogens with one attached hydrogen (secondary N) is 1. The highest BCUT2D eigenvalue weighted by Crippen LogP contribution is 2.27. The fraction of sp³-hybridized carbons (Fsp3) is 0.294. The molecular formula is C17H18FNO. The smallest absolute Gasteiger partial charge is 0.123 e. The molecule has 0 atom stereocenters. The molecule has 0 saturated heterocycles. The first-order valence-corrected chi connectivity index (χ1v) is 6.94. The van der Waals surface area contributed by atoms with Crippen molar-refractivity contribution in [2.24, 2.45) is 0 Å². The van der Waals surface area contributed by atoms with Crippen LogP contribution < -0.4 is 10.1 Å². The van der Waals surface area contributed by atoms with Crippen LogP contribution in [0.25, 0.3) is 0 Å². The van der Waals surface area contributed by atoms with Gasteiger partial charge in [-0.25, -0.2) is 4.39 Å². The zero-order valence-corrected chi connectivity index (χ0v) is 11.6. The Morgan fingerprint density at radius 1 is 1.20 bits per heavy atom. The van der Waals surface area contributed by atoms with Crippen LogP contribution in [-0.4, -0.2) is 13.7 Å². The van der Waals surface area contributed by atoms with E-state index in [4.69, 9.17) is 4.74 Å². The Morgan fingerprint density at radius 3 is 2.95 bits per heavy atom. The summed E-state index contributed by atoms with van der Waals surface area (Å²) in [5.41, 5.74) is 4.66. The second-order valence-corrected chi connectivity index (χ2v) is 5.15. The van der Waals surface area contributed by atoms with E-state index in [0.29, 0.717) is 6.42 Å². The quantitative estimate of drug-likeness (QED) is 0.917. The summed E-state index contributed by atoms with van der Waals surface area (Å²) in [4.78, 5) is 0. The van der Waals surface area contributed by atoms with Gasteiger partial charge >= 0.3 is 0 Å². The Bertz CT molecular complexity index is 624.